The number of hydrogen-bond acceptors (Lipinski definition) is 4. The molecule has 1 aliphatic heterocycles. The van der Waals surface area contributed by atoms with Crippen LogP contribution in [0.2, 0.25) is 0 Å². The van der Waals surface area contributed by atoms with Crippen LogP contribution in [-0.4, -0.2) is 54.9 Å². The molecule has 1 aliphatic rings. The van der Waals surface area contributed by atoms with Crippen molar-refractivity contribution in [3.8, 4) is 0 Å². The summed E-state index contributed by atoms with van der Waals surface area (Å²) in [5.41, 5.74) is -0.251. The summed E-state index contributed by atoms with van der Waals surface area (Å²) < 4.78 is 1.00. The Kier molecular flexibility index (Phi) is 6.24. The average molecular weight is 253 g/mol. The van der Waals surface area contributed by atoms with Gasteiger partial charge in [-0.1, -0.05) is 11.6 Å². The zero-order chi connectivity index (χ0) is 12.1. The predicted molar refractivity (Wildman–Crippen MR) is 63.1 cm³/mol. The molecule has 88 valence electrons. The van der Waals surface area contributed by atoms with Crippen LogP contribution in [0.15, 0.2) is 4.99 Å². The molecule has 0 aliphatic carbocycles. The van der Waals surface area contributed by atoms with E-state index in [1.165, 1.54) is 11.8 Å². The Balaban J connectivity index is 0.000000336. The van der Waals surface area contributed by atoms with Crippen molar-refractivity contribution in [3.05, 3.63) is 0 Å². The van der Waals surface area contributed by atoms with Crippen molar-refractivity contribution in [2.45, 2.75) is 11.9 Å². The number of quaternary nitrogens is 1. The number of hydrogen-bond donors (Lipinski definition) is 0. The second-order valence-corrected chi connectivity index (χ2v) is 6.10. The Hall–Kier alpha value is -0.260. The van der Waals surface area contributed by atoms with E-state index in [1.54, 1.807) is 0 Å². The molecule has 0 N–H and O–H groups in total. The maximum absolute atomic E-state index is 10.0. The van der Waals surface area contributed by atoms with E-state index in [2.05, 4.69) is 33.2 Å². The van der Waals surface area contributed by atoms with Crippen molar-refractivity contribution in [3.63, 3.8) is 0 Å². The SMILES string of the molecule is C[N+](C)(C)C.O=C([O-])CC1=NC(Cl)CS1. The fourth-order valence-electron chi connectivity index (χ4n) is 0.616. The Morgan fingerprint density at radius 2 is 2.07 bits per heavy atom. The smallest absolute Gasteiger partial charge is 0.134 e. The molecule has 1 rings (SSSR count). The maximum Gasteiger partial charge on any atom is 0.134 e. The summed E-state index contributed by atoms with van der Waals surface area (Å²) in [6, 6.07) is 0. The molecule has 0 saturated carbocycles. The van der Waals surface area contributed by atoms with Crippen molar-refractivity contribution in [1.29, 1.82) is 0 Å². The first kappa shape index (κ1) is 14.7. The van der Waals surface area contributed by atoms with E-state index in [0.29, 0.717) is 10.8 Å². The molecule has 4 nitrogen and oxygen atoms in total. The summed E-state index contributed by atoms with van der Waals surface area (Å²) in [4.78, 5) is 13.9. The van der Waals surface area contributed by atoms with Gasteiger partial charge in [-0.15, -0.1) is 11.8 Å². The summed E-state index contributed by atoms with van der Waals surface area (Å²) in [5.74, 6) is -0.429. The molecular formula is C9H17ClN2O2S. The fraction of sp³-hybridized carbons (Fsp3) is 0.778. The number of thioether (sulfide) groups is 1. The molecule has 0 amide bonds. The van der Waals surface area contributed by atoms with Crippen LogP contribution in [-0.2, 0) is 4.79 Å². The number of alkyl halides is 1. The molecule has 0 aromatic carbocycles. The first-order valence-corrected chi connectivity index (χ1v) is 5.93. The molecule has 0 spiro atoms. The van der Waals surface area contributed by atoms with Gasteiger partial charge in [-0.2, -0.15) is 0 Å². The van der Waals surface area contributed by atoms with E-state index in [1.807, 2.05) is 0 Å². The van der Waals surface area contributed by atoms with E-state index in [9.17, 15) is 9.90 Å². The topological polar surface area (TPSA) is 52.5 Å². The van der Waals surface area contributed by atoms with Crippen molar-refractivity contribution >= 4 is 34.4 Å². The number of nitrogens with zero attached hydrogens (tertiary/aromatic N) is 2. The molecule has 0 saturated heterocycles. The lowest BCUT2D eigenvalue weighted by molar-refractivity contribution is -0.849. The Bertz CT molecular complexity index is 245. The van der Waals surface area contributed by atoms with Crippen LogP contribution in [0.4, 0.5) is 0 Å². The van der Waals surface area contributed by atoms with Gasteiger partial charge in [0.25, 0.3) is 0 Å². The highest BCUT2D eigenvalue weighted by atomic mass is 35.5. The number of aliphatic carboxylic acids is 1. The van der Waals surface area contributed by atoms with Gasteiger partial charge in [-0.05, 0) is 0 Å². The minimum atomic E-state index is -1.10. The number of rotatable bonds is 2. The van der Waals surface area contributed by atoms with Crippen molar-refractivity contribution in [2.75, 3.05) is 33.9 Å². The first-order valence-electron chi connectivity index (χ1n) is 4.51. The summed E-state index contributed by atoms with van der Waals surface area (Å²) in [6.07, 6.45) is -0.103. The second-order valence-electron chi connectivity index (χ2n) is 4.50. The van der Waals surface area contributed by atoms with Crippen molar-refractivity contribution in [2.24, 2.45) is 4.99 Å². The fourth-order valence-corrected chi connectivity index (χ4v) is 1.81. The van der Waals surface area contributed by atoms with Crippen LogP contribution >= 0.6 is 23.4 Å². The molecule has 0 bridgehead atoms. The van der Waals surface area contributed by atoms with Crippen LogP contribution in [0.3, 0.4) is 0 Å². The zero-order valence-electron chi connectivity index (χ0n) is 9.49. The van der Waals surface area contributed by atoms with Crippen LogP contribution in [0.5, 0.6) is 0 Å². The molecule has 0 fully saturated rings. The lowest BCUT2D eigenvalue weighted by Gasteiger charge is -2.14. The highest BCUT2D eigenvalue weighted by molar-refractivity contribution is 8.14. The lowest BCUT2D eigenvalue weighted by Crippen LogP contribution is -2.27. The maximum atomic E-state index is 10.0. The predicted octanol–water partition coefficient (Wildman–Crippen LogP) is 0.159. The molecular weight excluding hydrogens is 236 g/mol. The van der Waals surface area contributed by atoms with Gasteiger partial charge in [0.1, 0.15) is 5.50 Å². The lowest BCUT2D eigenvalue weighted by atomic mass is 10.5. The van der Waals surface area contributed by atoms with Gasteiger partial charge in [-0.3, -0.25) is 4.99 Å². The van der Waals surface area contributed by atoms with Crippen LogP contribution < -0.4 is 5.11 Å². The highest BCUT2D eigenvalue weighted by Gasteiger charge is 2.14. The summed E-state index contributed by atoms with van der Waals surface area (Å²) in [7, 11) is 8.50. The van der Waals surface area contributed by atoms with Crippen molar-refractivity contribution in [1.82, 2.24) is 0 Å². The molecule has 1 atom stereocenters. The number of carbonyl (C=O) groups is 1. The molecule has 0 radical (unpaired) electrons. The Morgan fingerprint density at radius 1 is 1.60 bits per heavy atom. The summed E-state index contributed by atoms with van der Waals surface area (Å²) in [5, 5.41) is 10.6. The van der Waals surface area contributed by atoms with Crippen molar-refractivity contribution < 1.29 is 14.4 Å². The van der Waals surface area contributed by atoms with Gasteiger partial charge < -0.3 is 14.4 Å². The van der Waals surface area contributed by atoms with Gasteiger partial charge in [-0.25, -0.2) is 0 Å². The van der Waals surface area contributed by atoms with E-state index < -0.39 is 5.97 Å². The minimum Gasteiger partial charge on any atom is -0.550 e. The number of aliphatic imine (C=N–C) groups is 1. The minimum absolute atomic E-state index is 0.103. The first-order chi connectivity index (χ1) is 6.68. The molecule has 1 heterocycles. The number of carboxylic acid groups (broad SMARTS) is 1. The van der Waals surface area contributed by atoms with Gasteiger partial charge in [0.05, 0.1) is 33.2 Å². The van der Waals surface area contributed by atoms with Crippen LogP contribution in [0.1, 0.15) is 6.42 Å². The Morgan fingerprint density at radius 3 is 2.33 bits per heavy atom. The van der Waals surface area contributed by atoms with Gasteiger partial charge in [0, 0.05) is 18.1 Å². The summed E-state index contributed by atoms with van der Waals surface area (Å²) >= 11 is 6.94. The van der Waals surface area contributed by atoms with Crippen LogP contribution in [0, 0.1) is 0 Å². The molecule has 15 heavy (non-hydrogen) atoms. The number of carboxylic acids is 1. The average Bonchev–Trinajstić information content (AvgIpc) is 2.29. The van der Waals surface area contributed by atoms with E-state index in [4.69, 9.17) is 11.6 Å². The Labute approximate surface area is 99.9 Å². The quantitative estimate of drug-likeness (QED) is 0.400. The third-order valence-corrected chi connectivity index (χ3v) is 2.47. The number of carbonyl (C=O) groups excluding carboxylic acids is 1. The van der Waals surface area contributed by atoms with Gasteiger partial charge >= 0.3 is 0 Å². The largest absolute Gasteiger partial charge is 0.550 e. The normalized spacial score (nSPS) is 20.3. The van der Waals surface area contributed by atoms with E-state index in [-0.39, 0.29) is 11.9 Å². The summed E-state index contributed by atoms with van der Waals surface area (Å²) in [6.45, 7) is 0. The standard InChI is InChI=1S/C5H6ClNO2S.C4H12N/c6-3-2-10-4(7-3)1-5(8)9;1-5(2,3)4/h3H,1-2H2,(H,8,9);1-4H3/q;+1/p-1. The second kappa shape index (κ2) is 6.35. The molecule has 1 unspecified atom stereocenters. The monoisotopic (exact) mass is 252 g/mol. The van der Waals surface area contributed by atoms with Gasteiger partial charge in [0.2, 0.25) is 0 Å². The molecule has 6 heteroatoms. The number of halogens is 1. The zero-order valence-corrected chi connectivity index (χ0v) is 11.1. The third kappa shape index (κ3) is 11.7. The highest BCUT2D eigenvalue weighted by Crippen LogP contribution is 2.21. The third-order valence-electron chi connectivity index (χ3n) is 0.967. The van der Waals surface area contributed by atoms with E-state index >= 15 is 0 Å². The van der Waals surface area contributed by atoms with Crippen LogP contribution in [0.25, 0.3) is 0 Å². The molecule has 0 aromatic rings. The van der Waals surface area contributed by atoms with E-state index in [0.717, 1.165) is 4.48 Å². The van der Waals surface area contributed by atoms with Gasteiger partial charge in [0.15, 0.2) is 0 Å². The molecule has 0 aromatic heterocycles.